The van der Waals surface area contributed by atoms with Gasteiger partial charge in [-0.25, -0.2) is 4.39 Å². The van der Waals surface area contributed by atoms with Crippen LogP contribution in [0.5, 0.6) is 0 Å². The van der Waals surface area contributed by atoms with Gasteiger partial charge in [-0.15, -0.1) is 0 Å². The van der Waals surface area contributed by atoms with E-state index in [1.54, 1.807) is 11.9 Å². The molecule has 0 bridgehead atoms. The molecule has 2 heterocycles. The molecule has 4 atom stereocenters. The number of anilines is 1. The number of carbonyl (C=O) groups is 1. The summed E-state index contributed by atoms with van der Waals surface area (Å²) in [5.74, 6) is -1.01. The molecule has 6 heteroatoms. The molecular formula is C19H25BrFNO3. The zero-order chi connectivity index (χ0) is 18.7. The first kappa shape index (κ1) is 18.8. The summed E-state index contributed by atoms with van der Waals surface area (Å²) in [5, 5.41) is 9.42. The third-order valence-corrected chi connectivity index (χ3v) is 6.29. The Morgan fingerprint density at radius 1 is 1.44 bits per heavy atom. The Labute approximate surface area is 156 Å². The summed E-state index contributed by atoms with van der Waals surface area (Å²) in [6.07, 6.45) is -0.203. The highest BCUT2D eigenvalue weighted by atomic mass is 79.9. The highest BCUT2D eigenvalue weighted by Gasteiger charge is 2.65. The van der Waals surface area contributed by atoms with Crippen molar-refractivity contribution in [1.29, 1.82) is 0 Å². The third kappa shape index (κ3) is 2.56. The van der Waals surface area contributed by atoms with Gasteiger partial charge in [-0.1, -0.05) is 13.0 Å². The van der Waals surface area contributed by atoms with Crippen LogP contribution in [0.2, 0.25) is 0 Å². The van der Waals surface area contributed by atoms with Crippen molar-refractivity contribution in [2.45, 2.75) is 51.5 Å². The van der Waals surface area contributed by atoms with Crippen molar-refractivity contribution in [1.82, 2.24) is 0 Å². The molecule has 0 aromatic heterocycles. The van der Waals surface area contributed by atoms with E-state index in [1.165, 1.54) is 13.8 Å². The first-order chi connectivity index (χ1) is 11.6. The molecule has 2 aliphatic rings. The molecule has 1 saturated heterocycles. The standard InChI is InChI=1S/C19H25BrFNO3/c1-10-8-12-16(13(20)9-10)22(5)17(24)19(12)11(2)15(18(3,4)21)14(25-19)6-7-23/h8-9,11,14-15,23H,6-7H2,1-5H3/t11-,14+,15-,19+/m1/s1. The molecule has 1 aromatic rings. The van der Waals surface area contributed by atoms with Crippen molar-refractivity contribution in [2.75, 3.05) is 18.6 Å². The molecule has 3 rings (SSSR count). The molecule has 4 nitrogen and oxygen atoms in total. The molecule has 0 radical (unpaired) electrons. The monoisotopic (exact) mass is 413 g/mol. The van der Waals surface area contributed by atoms with Crippen LogP contribution in [0, 0.1) is 18.8 Å². The number of amides is 1. The topological polar surface area (TPSA) is 49.8 Å². The van der Waals surface area contributed by atoms with Crippen molar-refractivity contribution in [2.24, 2.45) is 11.8 Å². The Hall–Kier alpha value is -0.980. The van der Waals surface area contributed by atoms with Crippen LogP contribution in [0.3, 0.4) is 0 Å². The highest BCUT2D eigenvalue weighted by molar-refractivity contribution is 9.10. The summed E-state index contributed by atoms with van der Waals surface area (Å²) in [6, 6.07) is 3.92. The SMILES string of the molecule is Cc1cc(Br)c2c(c1)[C@]1(O[C@@H](CCO)[C@H](C(C)(C)F)[C@H]1C)C(=O)N2C. The summed E-state index contributed by atoms with van der Waals surface area (Å²) in [6.45, 7) is 6.80. The number of carbonyl (C=O) groups excluding carboxylic acids is 1. The zero-order valence-corrected chi connectivity index (χ0v) is 16.9. The minimum atomic E-state index is -1.52. The van der Waals surface area contributed by atoms with Crippen LogP contribution in [0.4, 0.5) is 10.1 Å². The van der Waals surface area contributed by atoms with Gasteiger partial charge in [0.25, 0.3) is 5.91 Å². The normalized spacial score (nSPS) is 31.9. The lowest BCUT2D eigenvalue weighted by molar-refractivity contribution is -0.146. The second kappa shape index (κ2) is 6.03. The van der Waals surface area contributed by atoms with Crippen LogP contribution in [-0.4, -0.2) is 36.4 Å². The highest BCUT2D eigenvalue weighted by Crippen LogP contribution is 2.59. The fraction of sp³-hybridized carbons (Fsp3) is 0.632. The Morgan fingerprint density at radius 3 is 2.64 bits per heavy atom. The van der Waals surface area contributed by atoms with E-state index >= 15 is 4.39 Å². The van der Waals surface area contributed by atoms with Crippen LogP contribution >= 0.6 is 15.9 Å². The molecule has 1 spiro atoms. The number of likely N-dealkylation sites (N-methyl/N-ethyl adjacent to an activating group) is 1. The molecular weight excluding hydrogens is 389 g/mol. The number of aliphatic hydroxyl groups excluding tert-OH is 1. The van der Waals surface area contributed by atoms with Crippen molar-refractivity contribution < 1.29 is 19.0 Å². The van der Waals surface area contributed by atoms with E-state index in [1.807, 2.05) is 26.0 Å². The molecule has 25 heavy (non-hydrogen) atoms. The molecule has 1 aromatic carbocycles. The molecule has 2 aliphatic heterocycles. The fourth-order valence-corrected chi connectivity index (χ4v) is 5.62. The largest absolute Gasteiger partial charge is 0.396 e. The Balaban J connectivity index is 2.22. The van der Waals surface area contributed by atoms with Crippen molar-refractivity contribution >= 4 is 27.5 Å². The maximum absolute atomic E-state index is 15.0. The van der Waals surface area contributed by atoms with Crippen LogP contribution in [0.15, 0.2) is 16.6 Å². The zero-order valence-electron chi connectivity index (χ0n) is 15.3. The number of aliphatic hydroxyl groups is 1. The first-order valence-electron chi connectivity index (χ1n) is 8.62. The van der Waals surface area contributed by atoms with Gasteiger partial charge in [0.1, 0.15) is 5.67 Å². The number of benzene rings is 1. The molecule has 0 unspecified atom stereocenters. The second-order valence-electron chi connectivity index (χ2n) is 7.79. The van der Waals surface area contributed by atoms with Gasteiger partial charge in [0, 0.05) is 35.5 Å². The van der Waals surface area contributed by atoms with Crippen LogP contribution in [-0.2, 0) is 15.1 Å². The van der Waals surface area contributed by atoms with Gasteiger partial charge in [-0.2, -0.15) is 0 Å². The van der Waals surface area contributed by atoms with Crippen LogP contribution < -0.4 is 4.90 Å². The van der Waals surface area contributed by atoms with Gasteiger partial charge in [-0.3, -0.25) is 4.79 Å². The quantitative estimate of drug-likeness (QED) is 0.821. The first-order valence-corrected chi connectivity index (χ1v) is 9.41. The Kier molecular flexibility index (Phi) is 4.54. The summed E-state index contributed by atoms with van der Waals surface area (Å²) < 4.78 is 22.2. The van der Waals surface area contributed by atoms with Gasteiger partial charge in [-0.05, 0) is 54.8 Å². The molecule has 1 amide bonds. The van der Waals surface area contributed by atoms with Crippen LogP contribution in [0.1, 0.15) is 38.3 Å². The maximum atomic E-state index is 15.0. The van der Waals surface area contributed by atoms with Gasteiger partial charge in [0.2, 0.25) is 0 Å². The average Bonchev–Trinajstić information content (AvgIpc) is 2.88. The molecule has 138 valence electrons. The number of fused-ring (bicyclic) bond motifs is 2. The van der Waals surface area contributed by atoms with E-state index in [4.69, 9.17) is 4.74 Å². The van der Waals surface area contributed by atoms with E-state index in [2.05, 4.69) is 15.9 Å². The minimum absolute atomic E-state index is 0.103. The summed E-state index contributed by atoms with van der Waals surface area (Å²) in [7, 11) is 1.72. The second-order valence-corrected chi connectivity index (χ2v) is 8.64. The number of ether oxygens (including phenoxy) is 1. The van der Waals surface area contributed by atoms with E-state index < -0.39 is 23.3 Å². The van der Waals surface area contributed by atoms with E-state index in [0.717, 1.165) is 21.3 Å². The van der Waals surface area contributed by atoms with Crippen LogP contribution in [0.25, 0.3) is 0 Å². The summed E-state index contributed by atoms with van der Waals surface area (Å²) >= 11 is 3.55. The summed E-state index contributed by atoms with van der Waals surface area (Å²) in [5.41, 5.74) is -0.153. The minimum Gasteiger partial charge on any atom is -0.396 e. The van der Waals surface area contributed by atoms with Gasteiger partial charge >= 0.3 is 0 Å². The smallest absolute Gasteiger partial charge is 0.264 e. The molecule has 1 fully saturated rings. The number of hydrogen-bond acceptors (Lipinski definition) is 3. The lowest BCUT2D eigenvalue weighted by Crippen LogP contribution is -2.44. The van der Waals surface area contributed by atoms with Gasteiger partial charge in [0.05, 0.1) is 11.8 Å². The third-order valence-electron chi connectivity index (χ3n) is 5.69. The number of halogens is 2. The lowest BCUT2D eigenvalue weighted by atomic mass is 9.71. The predicted octanol–water partition coefficient (Wildman–Crippen LogP) is 3.71. The number of hydrogen-bond donors (Lipinski definition) is 1. The molecule has 1 N–H and O–H groups in total. The van der Waals surface area contributed by atoms with Gasteiger partial charge < -0.3 is 14.7 Å². The van der Waals surface area contributed by atoms with Gasteiger partial charge in [0.15, 0.2) is 5.60 Å². The predicted molar refractivity (Wildman–Crippen MR) is 98.4 cm³/mol. The van der Waals surface area contributed by atoms with Crippen molar-refractivity contribution in [3.8, 4) is 0 Å². The fourth-order valence-electron chi connectivity index (χ4n) is 4.77. The number of aryl methyl sites for hydroxylation is 1. The Bertz CT molecular complexity index is 717. The molecule has 0 aliphatic carbocycles. The van der Waals surface area contributed by atoms with E-state index in [9.17, 15) is 9.90 Å². The summed E-state index contributed by atoms with van der Waals surface area (Å²) in [4.78, 5) is 14.9. The number of alkyl halides is 1. The number of rotatable bonds is 3. The molecule has 0 saturated carbocycles. The lowest BCUT2D eigenvalue weighted by Gasteiger charge is -2.32. The van der Waals surface area contributed by atoms with Crippen molar-refractivity contribution in [3.63, 3.8) is 0 Å². The average molecular weight is 414 g/mol. The number of nitrogens with zero attached hydrogens (tertiary/aromatic N) is 1. The van der Waals surface area contributed by atoms with E-state index in [0.29, 0.717) is 6.42 Å². The maximum Gasteiger partial charge on any atom is 0.264 e. The Morgan fingerprint density at radius 2 is 2.08 bits per heavy atom. The van der Waals surface area contributed by atoms with Crippen molar-refractivity contribution in [3.05, 3.63) is 27.7 Å². The van der Waals surface area contributed by atoms with E-state index in [-0.39, 0.29) is 18.4 Å².